The molecule has 0 bridgehead atoms. The maximum atomic E-state index is 14.2. The number of nitrogens with one attached hydrogen (secondary N) is 1. The van der Waals surface area contributed by atoms with Crippen molar-refractivity contribution in [3.05, 3.63) is 28.2 Å². The number of nitrogens with zero attached hydrogens (tertiary/aromatic N) is 1. The van der Waals surface area contributed by atoms with Gasteiger partial charge in [0.25, 0.3) is 6.43 Å². The second-order valence-electron chi connectivity index (χ2n) is 6.48. The van der Waals surface area contributed by atoms with Crippen LogP contribution in [0.3, 0.4) is 0 Å². The highest BCUT2D eigenvalue weighted by Gasteiger charge is 2.55. The molecule has 2 N–H and O–H groups in total. The van der Waals surface area contributed by atoms with Crippen molar-refractivity contribution in [2.24, 2.45) is 0 Å². The third-order valence-corrected chi connectivity index (χ3v) is 5.43. The van der Waals surface area contributed by atoms with Gasteiger partial charge in [0.05, 0.1) is 0 Å². The lowest BCUT2D eigenvalue weighted by Gasteiger charge is -2.37. The molecule has 1 rings (SSSR count). The van der Waals surface area contributed by atoms with Crippen molar-refractivity contribution in [3.8, 4) is 0 Å². The maximum absolute atomic E-state index is 14.2. The fourth-order valence-corrected chi connectivity index (χ4v) is 3.11. The first-order chi connectivity index (χ1) is 11.6. The minimum absolute atomic E-state index is 0.122. The molecular formula is C14H17BrF6N2O2S. The second kappa shape index (κ2) is 8.21. The molecule has 0 fully saturated rings. The first-order valence-corrected chi connectivity index (χ1v) is 9.10. The average Bonchev–Trinajstić information content (AvgIpc) is 2.46. The third-order valence-electron chi connectivity index (χ3n) is 3.33. The first kappa shape index (κ1) is 23.5. The quantitative estimate of drug-likeness (QED) is 0.376. The number of rotatable bonds is 6. The van der Waals surface area contributed by atoms with Crippen LogP contribution in [-0.4, -0.2) is 38.1 Å². The van der Waals surface area contributed by atoms with Crippen LogP contribution < -0.4 is 4.72 Å². The van der Waals surface area contributed by atoms with Gasteiger partial charge >= 0.3 is 6.18 Å². The molecule has 1 aromatic heterocycles. The molecule has 0 amide bonds. The van der Waals surface area contributed by atoms with Crippen LogP contribution in [0.1, 0.15) is 32.9 Å². The van der Waals surface area contributed by atoms with Crippen LogP contribution in [0.5, 0.6) is 0 Å². The van der Waals surface area contributed by atoms with Crippen LogP contribution in [0.2, 0.25) is 0 Å². The van der Waals surface area contributed by atoms with Gasteiger partial charge in [0, 0.05) is 17.8 Å². The lowest BCUT2D eigenvalue weighted by molar-refractivity contribution is -0.214. The molecule has 0 aliphatic heterocycles. The smallest absolute Gasteiger partial charge is 0.414 e. The lowest BCUT2D eigenvalue weighted by Crippen LogP contribution is -2.58. The summed E-state index contributed by atoms with van der Waals surface area (Å²) in [6, 6.07) is 1.79. The Balaban J connectivity index is 3.57. The fourth-order valence-electron chi connectivity index (χ4n) is 1.89. The van der Waals surface area contributed by atoms with E-state index in [1.807, 2.05) is 4.72 Å². The standard InChI is InChI=1S/C14H17BrF6N2O2S/c1-12(2,3)26(25)23-13(11(17)18,6-8(24)14(19,20)21)10-7(16)4-5-9(15)22-10/h4-5,8,11,23-24H,6H2,1-3H3/t8-,13?,26-/m1/s1. The zero-order chi connectivity index (χ0) is 20.5. The monoisotopic (exact) mass is 470 g/mol. The van der Waals surface area contributed by atoms with Crippen molar-refractivity contribution in [3.63, 3.8) is 0 Å². The molecule has 26 heavy (non-hydrogen) atoms. The summed E-state index contributed by atoms with van der Waals surface area (Å²) in [6.45, 7) is 4.16. The summed E-state index contributed by atoms with van der Waals surface area (Å²) in [5.74, 6) is -1.33. The van der Waals surface area contributed by atoms with Gasteiger partial charge in [-0.3, -0.25) is 0 Å². The number of aliphatic hydroxyl groups excluding tert-OH is 1. The van der Waals surface area contributed by atoms with E-state index in [2.05, 4.69) is 20.9 Å². The van der Waals surface area contributed by atoms with Gasteiger partial charge in [-0.2, -0.15) is 13.2 Å². The largest absolute Gasteiger partial charge is 0.598 e. The van der Waals surface area contributed by atoms with Crippen molar-refractivity contribution in [1.29, 1.82) is 0 Å². The number of pyridine rings is 1. The molecule has 4 nitrogen and oxygen atoms in total. The van der Waals surface area contributed by atoms with Crippen LogP contribution in [-0.2, 0) is 16.9 Å². The van der Waals surface area contributed by atoms with Crippen LogP contribution in [0.4, 0.5) is 26.3 Å². The lowest BCUT2D eigenvalue weighted by atomic mass is 9.88. The molecule has 0 aliphatic carbocycles. The van der Waals surface area contributed by atoms with Crippen molar-refractivity contribution < 1.29 is 36.0 Å². The summed E-state index contributed by atoms with van der Waals surface area (Å²) in [6.07, 6.45) is -13.8. The van der Waals surface area contributed by atoms with Crippen LogP contribution in [0.15, 0.2) is 16.7 Å². The van der Waals surface area contributed by atoms with Gasteiger partial charge in [-0.25, -0.2) is 18.2 Å². The molecule has 0 aromatic carbocycles. The molecule has 1 aromatic rings. The number of aromatic nitrogens is 1. The Labute approximate surface area is 157 Å². The van der Waals surface area contributed by atoms with Gasteiger partial charge in [-0.1, -0.05) is 0 Å². The van der Waals surface area contributed by atoms with E-state index in [1.54, 1.807) is 0 Å². The summed E-state index contributed by atoms with van der Waals surface area (Å²) < 4.78 is 93.4. The minimum Gasteiger partial charge on any atom is -0.598 e. The van der Waals surface area contributed by atoms with Crippen molar-refractivity contribution in [2.45, 2.75) is 56.2 Å². The fraction of sp³-hybridized carbons (Fsp3) is 0.643. The van der Waals surface area contributed by atoms with Crippen LogP contribution in [0, 0.1) is 5.82 Å². The first-order valence-electron chi connectivity index (χ1n) is 7.16. The van der Waals surface area contributed by atoms with E-state index < -0.39 is 58.3 Å². The van der Waals surface area contributed by atoms with Crippen LogP contribution in [0.25, 0.3) is 0 Å². The van der Waals surface area contributed by atoms with Gasteiger partial charge in [0.1, 0.15) is 20.9 Å². The molecule has 1 unspecified atom stereocenters. The maximum Gasteiger partial charge on any atom is 0.414 e. The summed E-state index contributed by atoms with van der Waals surface area (Å²) >= 11 is 0.522. The van der Waals surface area contributed by atoms with Crippen molar-refractivity contribution in [1.82, 2.24) is 9.71 Å². The van der Waals surface area contributed by atoms with E-state index in [4.69, 9.17) is 0 Å². The normalized spacial score (nSPS) is 17.9. The Hall–Kier alpha value is -0.560. The Kier molecular flexibility index (Phi) is 7.41. The summed E-state index contributed by atoms with van der Waals surface area (Å²) in [5.41, 5.74) is -4.22. The molecule has 12 heteroatoms. The molecule has 150 valence electrons. The van der Waals surface area contributed by atoms with E-state index >= 15 is 0 Å². The number of hydrogen-bond donors (Lipinski definition) is 2. The van der Waals surface area contributed by atoms with E-state index in [-0.39, 0.29) is 4.60 Å². The number of halogens is 7. The molecule has 3 atom stereocenters. The number of hydrogen-bond acceptors (Lipinski definition) is 4. The van der Waals surface area contributed by atoms with E-state index in [0.717, 1.165) is 12.1 Å². The van der Waals surface area contributed by atoms with Gasteiger partial charge in [0.2, 0.25) is 0 Å². The molecule has 0 spiro atoms. The van der Waals surface area contributed by atoms with Crippen molar-refractivity contribution in [2.75, 3.05) is 0 Å². The highest BCUT2D eigenvalue weighted by molar-refractivity contribution is 9.10. The topological polar surface area (TPSA) is 68.2 Å². The molecule has 0 radical (unpaired) electrons. The molecule has 0 saturated carbocycles. The predicted octanol–water partition coefficient (Wildman–Crippen LogP) is 3.81. The average molecular weight is 471 g/mol. The van der Waals surface area contributed by atoms with Crippen molar-refractivity contribution >= 4 is 27.3 Å². The van der Waals surface area contributed by atoms with Gasteiger partial charge in [0.15, 0.2) is 11.6 Å². The zero-order valence-electron chi connectivity index (χ0n) is 13.9. The Morgan fingerprint density at radius 2 is 1.81 bits per heavy atom. The summed E-state index contributed by atoms with van der Waals surface area (Å²) in [7, 11) is 0. The Morgan fingerprint density at radius 1 is 1.27 bits per heavy atom. The minimum atomic E-state index is -5.24. The van der Waals surface area contributed by atoms with E-state index in [9.17, 15) is 36.0 Å². The number of aliphatic hydroxyl groups is 1. The van der Waals surface area contributed by atoms with Gasteiger partial charge in [-0.05, 0) is 48.8 Å². The Morgan fingerprint density at radius 3 is 2.23 bits per heavy atom. The molecule has 0 saturated heterocycles. The highest BCUT2D eigenvalue weighted by atomic mass is 79.9. The van der Waals surface area contributed by atoms with E-state index in [0.29, 0.717) is 0 Å². The molecule has 0 aliphatic rings. The van der Waals surface area contributed by atoms with Gasteiger partial charge < -0.3 is 9.66 Å². The Bertz CT molecular complexity index is 604. The van der Waals surface area contributed by atoms with E-state index in [1.165, 1.54) is 20.8 Å². The molecular weight excluding hydrogens is 454 g/mol. The van der Waals surface area contributed by atoms with Gasteiger partial charge in [-0.15, -0.1) is 4.72 Å². The highest BCUT2D eigenvalue weighted by Crippen LogP contribution is 2.39. The number of alkyl halides is 5. The van der Waals surface area contributed by atoms with Crippen LogP contribution >= 0.6 is 15.9 Å². The zero-order valence-corrected chi connectivity index (χ0v) is 16.3. The summed E-state index contributed by atoms with van der Waals surface area (Å²) in [5, 5.41) is 9.35. The third kappa shape index (κ3) is 5.47. The predicted molar refractivity (Wildman–Crippen MR) is 87.3 cm³/mol. The second-order valence-corrected chi connectivity index (χ2v) is 9.26. The SMILES string of the molecule is CC(C)(C)[S@@+]([O-])NC(C[C@@H](O)C(F)(F)F)(c1nc(Br)ccc1F)C(F)F. The molecule has 1 heterocycles. The summed E-state index contributed by atoms with van der Waals surface area (Å²) in [4.78, 5) is 3.52.